The van der Waals surface area contributed by atoms with E-state index < -0.39 is 11.8 Å². The topological polar surface area (TPSA) is 65.1 Å². The molecule has 0 N–H and O–H groups in total. The van der Waals surface area contributed by atoms with Crippen LogP contribution in [0.25, 0.3) is 5.57 Å². The van der Waals surface area contributed by atoms with E-state index in [0.29, 0.717) is 40.5 Å². The summed E-state index contributed by atoms with van der Waals surface area (Å²) in [5.74, 6) is 0.323. The molecule has 0 saturated carbocycles. The average molecular weight is 353 g/mol. The molecule has 2 aromatic carbocycles. The van der Waals surface area contributed by atoms with Crippen molar-refractivity contribution < 1.29 is 23.8 Å². The van der Waals surface area contributed by atoms with Crippen LogP contribution in [0.1, 0.15) is 22.8 Å². The van der Waals surface area contributed by atoms with Gasteiger partial charge in [-0.2, -0.15) is 0 Å². The van der Waals surface area contributed by atoms with Crippen LogP contribution in [0.15, 0.2) is 48.7 Å². The first kappa shape index (κ1) is 17.5. The van der Waals surface area contributed by atoms with Crippen molar-refractivity contribution in [3.8, 4) is 11.5 Å². The minimum absolute atomic E-state index is 0.319. The Bertz CT molecular complexity index is 870. The number of hydrogen-bond donors (Lipinski definition) is 0. The van der Waals surface area contributed by atoms with E-state index in [1.807, 2.05) is 6.92 Å². The molecule has 0 radical (unpaired) electrons. The molecule has 0 fully saturated rings. The summed E-state index contributed by atoms with van der Waals surface area (Å²) in [6.45, 7) is 2.24. The molecule has 0 aromatic heterocycles. The van der Waals surface area contributed by atoms with Crippen molar-refractivity contribution in [2.45, 2.75) is 6.92 Å². The normalized spacial score (nSPS) is 15.0. The van der Waals surface area contributed by atoms with Crippen LogP contribution in [0.5, 0.6) is 11.5 Å². The van der Waals surface area contributed by atoms with Crippen molar-refractivity contribution in [2.24, 2.45) is 0 Å². The zero-order valence-corrected chi connectivity index (χ0v) is 14.8. The fraction of sp³-hybridized carbons (Fsp3) is 0.200. The van der Waals surface area contributed by atoms with Gasteiger partial charge in [0.2, 0.25) is 0 Å². The van der Waals surface area contributed by atoms with E-state index in [0.717, 1.165) is 4.90 Å². The zero-order valence-electron chi connectivity index (χ0n) is 14.8. The molecular weight excluding hydrogens is 334 g/mol. The van der Waals surface area contributed by atoms with Gasteiger partial charge in [0.15, 0.2) is 0 Å². The fourth-order valence-corrected chi connectivity index (χ4v) is 2.76. The van der Waals surface area contributed by atoms with Crippen molar-refractivity contribution in [3.63, 3.8) is 0 Å². The molecular formula is C20H19NO5. The average Bonchev–Trinajstić information content (AvgIpc) is 2.68. The van der Waals surface area contributed by atoms with Gasteiger partial charge >= 0.3 is 0 Å². The molecule has 0 aliphatic carbocycles. The summed E-state index contributed by atoms with van der Waals surface area (Å²) in [5, 5.41) is 0. The van der Waals surface area contributed by atoms with Crippen molar-refractivity contribution in [1.29, 1.82) is 0 Å². The van der Waals surface area contributed by atoms with Gasteiger partial charge in [-0.25, -0.2) is 4.90 Å². The molecule has 6 heteroatoms. The van der Waals surface area contributed by atoms with Crippen LogP contribution in [-0.4, -0.2) is 32.6 Å². The number of fused-ring (bicyclic) bond motifs is 1. The van der Waals surface area contributed by atoms with Crippen molar-refractivity contribution in [3.05, 3.63) is 59.9 Å². The quantitative estimate of drug-likeness (QED) is 0.469. The monoisotopic (exact) mass is 353 g/mol. The highest BCUT2D eigenvalue weighted by molar-refractivity contribution is 6.41. The molecule has 0 atom stereocenters. The highest BCUT2D eigenvalue weighted by atomic mass is 16.5. The summed E-state index contributed by atoms with van der Waals surface area (Å²) in [5.41, 5.74) is 1.68. The standard InChI is InChI=1S/C20H19NO5/c1-4-26-12-18-16-10-9-15(25-3)11-17(16)19(22)21(20(18)23)13-5-7-14(24-2)8-6-13/h5-12H,4H2,1-3H3/b18-12-. The molecule has 134 valence electrons. The molecule has 0 unspecified atom stereocenters. The van der Waals surface area contributed by atoms with E-state index in [1.165, 1.54) is 13.4 Å². The lowest BCUT2D eigenvalue weighted by Gasteiger charge is -2.28. The molecule has 0 spiro atoms. The third-order valence-corrected chi connectivity index (χ3v) is 4.08. The van der Waals surface area contributed by atoms with E-state index >= 15 is 0 Å². The minimum atomic E-state index is -0.439. The Hall–Kier alpha value is -3.28. The maximum absolute atomic E-state index is 13.0. The Morgan fingerprint density at radius 1 is 0.885 bits per heavy atom. The molecule has 26 heavy (non-hydrogen) atoms. The van der Waals surface area contributed by atoms with Gasteiger partial charge in [-0.1, -0.05) is 0 Å². The van der Waals surface area contributed by atoms with Crippen LogP contribution in [-0.2, 0) is 9.53 Å². The molecule has 1 heterocycles. The second kappa shape index (κ2) is 7.31. The number of hydrogen-bond acceptors (Lipinski definition) is 5. The largest absolute Gasteiger partial charge is 0.501 e. The molecule has 1 aliphatic heterocycles. The lowest BCUT2D eigenvalue weighted by Crippen LogP contribution is -2.42. The number of benzene rings is 2. The lowest BCUT2D eigenvalue weighted by atomic mass is 9.93. The summed E-state index contributed by atoms with van der Waals surface area (Å²) >= 11 is 0. The van der Waals surface area contributed by atoms with Crippen LogP contribution in [0.4, 0.5) is 5.69 Å². The fourth-order valence-electron chi connectivity index (χ4n) is 2.76. The first-order chi connectivity index (χ1) is 12.6. The molecule has 1 aliphatic rings. The van der Waals surface area contributed by atoms with Crippen molar-refractivity contribution >= 4 is 23.1 Å². The Morgan fingerprint density at radius 3 is 2.15 bits per heavy atom. The van der Waals surface area contributed by atoms with Crippen LogP contribution in [0.2, 0.25) is 0 Å². The SMILES string of the molecule is CCO/C=C1\C(=O)N(c2ccc(OC)cc2)C(=O)c2cc(OC)ccc21. The number of carbonyl (C=O) groups excluding carboxylic acids is 2. The molecule has 0 bridgehead atoms. The number of rotatable bonds is 5. The summed E-state index contributed by atoms with van der Waals surface area (Å²) < 4.78 is 15.7. The molecule has 2 amide bonds. The van der Waals surface area contributed by atoms with E-state index in [4.69, 9.17) is 14.2 Å². The number of ether oxygens (including phenoxy) is 3. The maximum Gasteiger partial charge on any atom is 0.269 e. The van der Waals surface area contributed by atoms with Crippen LogP contribution >= 0.6 is 0 Å². The van der Waals surface area contributed by atoms with E-state index in [1.54, 1.807) is 49.6 Å². The van der Waals surface area contributed by atoms with Crippen LogP contribution in [0.3, 0.4) is 0 Å². The van der Waals surface area contributed by atoms with Crippen LogP contribution < -0.4 is 14.4 Å². The predicted octanol–water partition coefficient (Wildman–Crippen LogP) is 3.27. The molecule has 2 aromatic rings. The molecule has 6 nitrogen and oxygen atoms in total. The highest BCUT2D eigenvalue weighted by Crippen LogP contribution is 2.34. The summed E-state index contributed by atoms with van der Waals surface area (Å²) in [6.07, 6.45) is 1.40. The third kappa shape index (κ3) is 3.01. The smallest absolute Gasteiger partial charge is 0.269 e. The Kier molecular flexibility index (Phi) is 4.93. The highest BCUT2D eigenvalue weighted by Gasteiger charge is 2.36. The van der Waals surface area contributed by atoms with Gasteiger partial charge in [0.1, 0.15) is 11.5 Å². The van der Waals surface area contributed by atoms with Gasteiger partial charge in [0, 0.05) is 5.56 Å². The van der Waals surface area contributed by atoms with Gasteiger partial charge in [0.05, 0.1) is 43.9 Å². The van der Waals surface area contributed by atoms with Gasteiger partial charge in [-0.15, -0.1) is 0 Å². The van der Waals surface area contributed by atoms with Crippen molar-refractivity contribution in [2.75, 3.05) is 25.7 Å². The molecule has 3 rings (SSSR count). The van der Waals surface area contributed by atoms with Crippen molar-refractivity contribution in [1.82, 2.24) is 0 Å². The zero-order chi connectivity index (χ0) is 18.7. The predicted molar refractivity (Wildman–Crippen MR) is 97.4 cm³/mol. The number of amides is 2. The van der Waals surface area contributed by atoms with Gasteiger partial charge in [0.25, 0.3) is 11.8 Å². The number of carbonyl (C=O) groups is 2. The summed E-state index contributed by atoms with van der Waals surface area (Å²) in [6, 6.07) is 11.8. The summed E-state index contributed by atoms with van der Waals surface area (Å²) in [7, 11) is 3.08. The Morgan fingerprint density at radius 2 is 1.54 bits per heavy atom. The Labute approximate surface area is 151 Å². The van der Waals surface area contributed by atoms with E-state index in [2.05, 4.69) is 0 Å². The van der Waals surface area contributed by atoms with Gasteiger partial charge in [-0.3, -0.25) is 9.59 Å². The number of nitrogens with zero attached hydrogens (tertiary/aromatic N) is 1. The summed E-state index contributed by atoms with van der Waals surface area (Å²) in [4.78, 5) is 27.2. The maximum atomic E-state index is 13.0. The van der Waals surface area contributed by atoms with E-state index in [-0.39, 0.29) is 0 Å². The number of imide groups is 1. The minimum Gasteiger partial charge on any atom is -0.501 e. The second-order valence-corrected chi connectivity index (χ2v) is 5.54. The first-order valence-electron chi connectivity index (χ1n) is 8.13. The first-order valence-corrected chi connectivity index (χ1v) is 8.13. The lowest BCUT2D eigenvalue weighted by molar-refractivity contribution is -0.113. The van der Waals surface area contributed by atoms with Gasteiger partial charge in [-0.05, 0) is 49.4 Å². The Balaban J connectivity index is 2.13. The number of methoxy groups -OCH3 is 2. The van der Waals surface area contributed by atoms with E-state index in [9.17, 15) is 9.59 Å². The third-order valence-electron chi connectivity index (χ3n) is 4.08. The molecule has 0 saturated heterocycles. The van der Waals surface area contributed by atoms with Gasteiger partial charge < -0.3 is 14.2 Å². The van der Waals surface area contributed by atoms with Crippen LogP contribution in [0, 0.1) is 0 Å². The number of anilines is 1. The second-order valence-electron chi connectivity index (χ2n) is 5.54.